The Morgan fingerprint density at radius 1 is 1.38 bits per heavy atom. The SMILES string of the molecule is CS(=O)(=O)c1nc(Nc2cc(F)cc(C#N)c2)ncc1Br. The second-order valence-corrected chi connectivity index (χ2v) is 6.87. The number of rotatable bonds is 3. The van der Waals surface area contributed by atoms with Crippen molar-refractivity contribution in [2.75, 3.05) is 11.6 Å². The van der Waals surface area contributed by atoms with Crippen LogP contribution < -0.4 is 5.32 Å². The molecule has 108 valence electrons. The number of hydrogen-bond acceptors (Lipinski definition) is 6. The Labute approximate surface area is 128 Å². The van der Waals surface area contributed by atoms with Gasteiger partial charge in [0.2, 0.25) is 5.95 Å². The van der Waals surface area contributed by atoms with Crippen LogP contribution in [0.3, 0.4) is 0 Å². The second-order valence-electron chi connectivity index (χ2n) is 4.08. The summed E-state index contributed by atoms with van der Waals surface area (Å²) < 4.78 is 36.7. The largest absolute Gasteiger partial charge is 0.324 e. The van der Waals surface area contributed by atoms with Gasteiger partial charge in [0, 0.05) is 18.1 Å². The summed E-state index contributed by atoms with van der Waals surface area (Å²) in [6.07, 6.45) is 2.29. The molecular formula is C12H8BrFN4O2S. The van der Waals surface area contributed by atoms with Crippen molar-refractivity contribution in [3.63, 3.8) is 0 Å². The lowest BCUT2D eigenvalue weighted by molar-refractivity contribution is 0.597. The molecule has 0 radical (unpaired) electrons. The van der Waals surface area contributed by atoms with Crippen molar-refractivity contribution < 1.29 is 12.8 Å². The van der Waals surface area contributed by atoms with E-state index in [-0.39, 0.29) is 26.7 Å². The Morgan fingerprint density at radius 3 is 2.71 bits per heavy atom. The van der Waals surface area contributed by atoms with Gasteiger partial charge >= 0.3 is 0 Å². The highest BCUT2D eigenvalue weighted by Crippen LogP contribution is 2.22. The van der Waals surface area contributed by atoms with Crippen molar-refractivity contribution in [3.8, 4) is 6.07 Å². The number of nitrogens with one attached hydrogen (secondary N) is 1. The summed E-state index contributed by atoms with van der Waals surface area (Å²) >= 11 is 3.05. The van der Waals surface area contributed by atoms with Crippen LogP contribution in [0.25, 0.3) is 0 Å². The van der Waals surface area contributed by atoms with Gasteiger partial charge in [-0.3, -0.25) is 0 Å². The Morgan fingerprint density at radius 2 is 2.10 bits per heavy atom. The van der Waals surface area contributed by atoms with E-state index in [1.165, 1.54) is 12.3 Å². The van der Waals surface area contributed by atoms with Crippen molar-refractivity contribution >= 4 is 37.4 Å². The molecule has 1 heterocycles. The molecule has 0 fully saturated rings. The molecule has 0 bridgehead atoms. The van der Waals surface area contributed by atoms with Crippen molar-refractivity contribution in [3.05, 3.63) is 40.2 Å². The van der Waals surface area contributed by atoms with E-state index in [9.17, 15) is 12.8 Å². The summed E-state index contributed by atoms with van der Waals surface area (Å²) in [6.45, 7) is 0. The summed E-state index contributed by atoms with van der Waals surface area (Å²) in [5.41, 5.74) is 0.367. The predicted octanol–water partition coefficient (Wildman–Crippen LogP) is 2.40. The summed E-state index contributed by atoms with van der Waals surface area (Å²) in [5.74, 6) is -0.620. The van der Waals surface area contributed by atoms with Crippen molar-refractivity contribution in [1.82, 2.24) is 9.97 Å². The summed E-state index contributed by atoms with van der Waals surface area (Å²) in [7, 11) is -3.53. The predicted molar refractivity (Wildman–Crippen MR) is 77.2 cm³/mol. The van der Waals surface area contributed by atoms with Gasteiger partial charge in [-0.1, -0.05) is 0 Å². The lowest BCUT2D eigenvalue weighted by Crippen LogP contribution is -2.06. The maximum absolute atomic E-state index is 13.3. The van der Waals surface area contributed by atoms with Crippen LogP contribution >= 0.6 is 15.9 Å². The molecule has 21 heavy (non-hydrogen) atoms. The molecular weight excluding hydrogens is 363 g/mol. The Bertz CT molecular complexity index is 849. The van der Waals surface area contributed by atoms with Gasteiger partial charge in [-0.2, -0.15) is 10.2 Å². The van der Waals surface area contributed by atoms with Crippen LogP contribution in [-0.4, -0.2) is 24.6 Å². The molecule has 0 aliphatic carbocycles. The highest BCUT2D eigenvalue weighted by atomic mass is 79.9. The number of nitriles is 1. The zero-order valence-corrected chi connectivity index (χ0v) is 13.0. The van der Waals surface area contributed by atoms with E-state index in [0.717, 1.165) is 18.4 Å². The normalized spacial score (nSPS) is 11.0. The molecule has 1 aromatic carbocycles. The third-order valence-electron chi connectivity index (χ3n) is 2.35. The van der Waals surface area contributed by atoms with E-state index in [1.807, 2.05) is 6.07 Å². The number of hydrogen-bond donors (Lipinski definition) is 1. The topological polar surface area (TPSA) is 95.7 Å². The Hall–Kier alpha value is -2.05. The Balaban J connectivity index is 2.42. The van der Waals surface area contributed by atoms with Gasteiger partial charge in [0.05, 0.1) is 16.1 Å². The first kappa shape index (κ1) is 15.3. The fourth-order valence-corrected chi connectivity index (χ4v) is 3.26. The first-order chi connectivity index (χ1) is 9.79. The molecule has 0 aliphatic heterocycles. The fourth-order valence-electron chi connectivity index (χ4n) is 1.53. The molecule has 0 spiro atoms. The van der Waals surface area contributed by atoms with E-state index in [2.05, 4.69) is 31.2 Å². The number of halogens is 2. The molecule has 2 aromatic rings. The second kappa shape index (κ2) is 5.75. The van der Waals surface area contributed by atoms with Crippen LogP contribution in [-0.2, 0) is 9.84 Å². The van der Waals surface area contributed by atoms with E-state index in [1.54, 1.807) is 0 Å². The molecule has 9 heteroatoms. The van der Waals surface area contributed by atoms with Gasteiger partial charge in [0.1, 0.15) is 5.82 Å². The molecule has 6 nitrogen and oxygen atoms in total. The molecule has 2 rings (SSSR count). The van der Waals surface area contributed by atoms with E-state index in [0.29, 0.717) is 0 Å². The number of aromatic nitrogens is 2. The summed E-state index contributed by atoms with van der Waals surface area (Å²) in [6, 6.07) is 5.44. The molecule has 0 atom stereocenters. The van der Waals surface area contributed by atoms with E-state index >= 15 is 0 Å². The standard InChI is InChI=1S/C12H8BrFN4O2S/c1-21(19,20)11-10(13)6-16-12(18-11)17-9-3-7(5-15)2-8(14)4-9/h2-4,6H,1H3,(H,16,17,18). The number of nitrogens with zero attached hydrogens (tertiary/aromatic N) is 3. The highest BCUT2D eigenvalue weighted by molar-refractivity contribution is 9.10. The van der Waals surface area contributed by atoms with Gasteiger partial charge in [-0.05, 0) is 34.1 Å². The monoisotopic (exact) mass is 370 g/mol. The van der Waals surface area contributed by atoms with E-state index < -0.39 is 15.7 Å². The molecule has 1 N–H and O–H groups in total. The molecule has 0 amide bonds. The first-order valence-corrected chi connectivity index (χ1v) is 8.18. The lowest BCUT2D eigenvalue weighted by Gasteiger charge is -2.07. The van der Waals surface area contributed by atoms with E-state index in [4.69, 9.17) is 5.26 Å². The zero-order chi connectivity index (χ0) is 15.6. The molecule has 0 aliphatic rings. The molecule has 1 aromatic heterocycles. The quantitative estimate of drug-likeness (QED) is 0.833. The maximum Gasteiger partial charge on any atom is 0.228 e. The first-order valence-electron chi connectivity index (χ1n) is 5.50. The minimum absolute atomic E-state index is 0.0203. The average Bonchev–Trinajstić information content (AvgIpc) is 2.39. The molecule has 0 unspecified atom stereocenters. The summed E-state index contributed by atoms with van der Waals surface area (Å²) in [4.78, 5) is 7.76. The lowest BCUT2D eigenvalue weighted by atomic mass is 10.2. The van der Waals surface area contributed by atoms with Gasteiger partial charge in [-0.25, -0.2) is 17.8 Å². The minimum atomic E-state index is -3.53. The molecule has 0 saturated carbocycles. The van der Waals surface area contributed by atoms with Crippen LogP contribution in [0.4, 0.5) is 16.0 Å². The van der Waals surface area contributed by atoms with Crippen LogP contribution in [0.5, 0.6) is 0 Å². The van der Waals surface area contributed by atoms with Gasteiger partial charge < -0.3 is 5.32 Å². The molecule has 0 saturated heterocycles. The average molecular weight is 371 g/mol. The third-order valence-corrected chi connectivity index (χ3v) is 4.20. The van der Waals surface area contributed by atoms with Gasteiger partial charge in [0.15, 0.2) is 14.9 Å². The Kier molecular flexibility index (Phi) is 4.20. The van der Waals surface area contributed by atoms with Crippen LogP contribution in [0.1, 0.15) is 5.56 Å². The smallest absolute Gasteiger partial charge is 0.228 e. The maximum atomic E-state index is 13.3. The third kappa shape index (κ3) is 3.74. The van der Waals surface area contributed by atoms with Crippen LogP contribution in [0.15, 0.2) is 33.9 Å². The fraction of sp³-hybridized carbons (Fsp3) is 0.0833. The van der Waals surface area contributed by atoms with Crippen LogP contribution in [0, 0.1) is 17.1 Å². The van der Waals surface area contributed by atoms with Crippen molar-refractivity contribution in [2.24, 2.45) is 0 Å². The van der Waals surface area contributed by atoms with Crippen molar-refractivity contribution in [1.29, 1.82) is 5.26 Å². The number of anilines is 2. The number of benzene rings is 1. The summed E-state index contributed by atoms with van der Waals surface area (Å²) in [5, 5.41) is 11.3. The van der Waals surface area contributed by atoms with Crippen LogP contribution in [0.2, 0.25) is 0 Å². The minimum Gasteiger partial charge on any atom is -0.324 e. The zero-order valence-electron chi connectivity index (χ0n) is 10.6. The van der Waals surface area contributed by atoms with Crippen molar-refractivity contribution in [2.45, 2.75) is 5.03 Å². The number of sulfone groups is 1. The van der Waals surface area contributed by atoms with Gasteiger partial charge in [0.25, 0.3) is 0 Å². The highest BCUT2D eigenvalue weighted by Gasteiger charge is 2.15. The van der Waals surface area contributed by atoms with Gasteiger partial charge in [-0.15, -0.1) is 0 Å².